The van der Waals surface area contributed by atoms with Gasteiger partial charge in [-0.25, -0.2) is 9.37 Å². The molecule has 0 aliphatic heterocycles. The van der Waals surface area contributed by atoms with Gasteiger partial charge in [-0.05, 0) is 48.6 Å². The number of aryl methyl sites for hydroxylation is 1. The van der Waals surface area contributed by atoms with Gasteiger partial charge in [-0.15, -0.1) is 0 Å². The molecule has 2 aromatic carbocycles. The number of carbonyl (C=O) groups is 1. The first-order valence-electron chi connectivity index (χ1n) is 12.4. The number of Topliss-reactive ketones (excluding diaryl/α,β-unsaturated/α-hetero) is 1. The predicted octanol–water partition coefficient (Wildman–Crippen LogP) is 5.57. The van der Waals surface area contributed by atoms with Crippen LogP contribution in [0.1, 0.15) is 31.7 Å². The largest absolute Gasteiger partial charge is 0.296 e. The number of aromatic nitrogens is 4. The first kappa shape index (κ1) is 23.1. The second kappa shape index (κ2) is 8.38. The van der Waals surface area contributed by atoms with E-state index in [9.17, 15) is 14.4 Å². The lowest BCUT2D eigenvalue weighted by molar-refractivity contribution is -0.121. The van der Waals surface area contributed by atoms with Gasteiger partial charge in [-0.3, -0.25) is 14.0 Å². The zero-order valence-electron chi connectivity index (χ0n) is 20.9. The molecule has 0 radical (unpaired) electrons. The molecule has 0 fully saturated rings. The summed E-state index contributed by atoms with van der Waals surface area (Å²) in [7, 11) is 1.88. The first-order valence-corrected chi connectivity index (χ1v) is 12.4. The number of halogens is 1. The lowest BCUT2D eigenvalue weighted by Gasteiger charge is -2.44. The molecule has 0 unspecified atom stereocenters. The van der Waals surface area contributed by atoms with Crippen molar-refractivity contribution in [3.05, 3.63) is 89.8 Å². The van der Waals surface area contributed by atoms with E-state index in [1.54, 1.807) is 10.7 Å². The Kier molecular flexibility index (Phi) is 5.23. The molecule has 6 nitrogen and oxygen atoms in total. The molecular formula is C30H26FN5O. The normalized spacial score (nSPS) is 22.7. The van der Waals surface area contributed by atoms with Crippen LogP contribution in [0.25, 0.3) is 28.2 Å². The summed E-state index contributed by atoms with van der Waals surface area (Å²) in [6.45, 7) is 4.00. The molecule has 0 saturated heterocycles. The lowest BCUT2D eigenvalue weighted by atomic mass is 9.58. The highest BCUT2D eigenvalue weighted by atomic mass is 19.1. The summed E-state index contributed by atoms with van der Waals surface area (Å²) >= 11 is 0. The number of fused-ring (bicyclic) bond motifs is 3. The van der Waals surface area contributed by atoms with E-state index in [0.29, 0.717) is 17.9 Å². The van der Waals surface area contributed by atoms with E-state index in [-0.39, 0.29) is 29.0 Å². The highest BCUT2D eigenvalue weighted by molar-refractivity contribution is 6.02. The van der Waals surface area contributed by atoms with Gasteiger partial charge in [0.25, 0.3) is 0 Å². The molecule has 7 heteroatoms. The van der Waals surface area contributed by atoms with Crippen LogP contribution in [0.3, 0.4) is 0 Å². The maximum atomic E-state index is 14.4. The van der Waals surface area contributed by atoms with Crippen molar-refractivity contribution in [2.24, 2.45) is 18.9 Å². The summed E-state index contributed by atoms with van der Waals surface area (Å²) in [5, 5.41) is 14.0. The van der Waals surface area contributed by atoms with Crippen molar-refractivity contribution in [1.29, 1.82) is 5.26 Å². The molecular weight excluding hydrogens is 465 g/mol. The monoisotopic (exact) mass is 491 g/mol. The minimum atomic E-state index is -0.583. The van der Waals surface area contributed by atoms with Crippen LogP contribution in [0.5, 0.6) is 0 Å². The van der Waals surface area contributed by atoms with Gasteiger partial charge in [0.2, 0.25) is 0 Å². The molecule has 2 heterocycles. The van der Waals surface area contributed by atoms with Gasteiger partial charge >= 0.3 is 0 Å². The van der Waals surface area contributed by atoms with Gasteiger partial charge < -0.3 is 0 Å². The highest BCUT2D eigenvalue weighted by Crippen LogP contribution is 2.50. The number of allylic oxidation sites excluding steroid dienone is 2. The van der Waals surface area contributed by atoms with Crippen molar-refractivity contribution in [3.8, 4) is 34.3 Å². The molecule has 2 aliphatic carbocycles. The number of carbonyl (C=O) groups excluding carboxylic acids is 1. The third kappa shape index (κ3) is 3.55. The zero-order valence-corrected chi connectivity index (χ0v) is 20.9. The Labute approximate surface area is 214 Å². The topological polar surface area (TPSA) is 76.5 Å². The molecule has 0 amide bonds. The Balaban J connectivity index is 1.61. The molecule has 184 valence electrons. The van der Waals surface area contributed by atoms with Crippen LogP contribution in [0.4, 0.5) is 4.39 Å². The van der Waals surface area contributed by atoms with Crippen LogP contribution in [0.2, 0.25) is 0 Å². The second-order valence-electron chi connectivity index (χ2n) is 10.3. The molecule has 0 bridgehead atoms. The number of hydrogen-bond donors (Lipinski definition) is 0. The average molecular weight is 492 g/mol. The standard InChI is InChI=1S/C30H26FN5O/c1-18-25-10-11-26-28(30(25,2)14-21(15-32)27(18)37)34-29(36(26)24-9-5-8-23(31)13-24)20-7-4-6-19(12-20)22-16-33-35(3)17-22/h4-9,12-14,16-18,25H,10-11H2,1-3H3/t18-,25-,30-/m1/s1. The van der Waals surface area contributed by atoms with Crippen molar-refractivity contribution >= 4 is 5.78 Å². The molecule has 3 atom stereocenters. The van der Waals surface area contributed by atoms with Gasteiger partial charge in [-0.1, -0.05) is 44.2 Å². The Hall–Kier alpha value is -4.31. The van der Waals surface area contributed by atoms with Crippen LogP contribution in [0.15, 0.2) is 72.6 Å². The van der Waals surface area contributed by atoms with Crippen molar-refractivity contribution in [2.75, 3.05) is 0 Å². The van der Waals surface area contributed by atoms with Crippen molar-refractivity contribution in [1.82, 2.24) is 19.3 Å². The van der Waals surface area contributed by atoms with Gasteiger partial charge in [0.1, 0.15) is 17.7 Å². The maximum absolute atomic E-state index is 14.4. The fraction of sp³-hybridized carbons (Fsp3) is 0.267. The number of imidazole rings is 1. The van der Waals surface area contributed by atoms with E-state index in [4.69, 9.17) is 4.98 Å². The quantitative estimate of drug-likeness (QED) is 0.376. The maximum Gasteiger partial charge on any atom is 0.176 e. The molecule has 2 aliphatic rings. The molecule has 0 N–H and O–H groups in total. The Morgan fingerprint density at radius 3 is 2.65 bits per heavy atom. The fourth-order valence-electron chi connectivity index (χ4n) is 6.21. The molecule has 37 heavy (non-hydrogen) atoms. The van der Waals surface area contributed by atoms with Gasteiger partial charge in [0.15, 0.2) is 5.78 Å². The summed E-state index contributed by atoms with van der Waals surface area (Å²) in [5.74, 6) is 0.0602. The summed E-state index contributed by atoms with van der Waals surface area (Å²) in [5.41, 5.74) is 5.03. The van der Waals surface area contributed by atoms with Crippen molar-refractivity contribution < 1.29 is 9.18 Å². The molecule has 4 aromatic rings. The van der Waals surface area contributed by atoms with Crippen LogP contribution < -0.4 is 0 Å². The average Bonchev–Trinajstić information content (AvgIpc) is 3.51. The number of hydrogen-bond acceptors (Lipinski definition) is 4. The third-order valence-corrected chi connectivity index (χ3v) is 8.02. The molecule has 0 saturated carbocycles. The molecule has 0 spiro atoms. The van der Waals surface area contributed by atoms with Gasteiger partial charge in [0, 0.05) is 41.4 Å². The summed E-state index contributed by atoms with van der Waals surface area (Å²) in [6, 6.07) is 16.8. The lowest BCUT2D eigenvalue weighted by Crippen LogP contribution is -2.45. The third-order valence-electron chi connectivity index (χ3n) is 8.02. The number of ketones is 1. The minimum absolute atomic E-state index is 0.0371. The number of nitriles is 1. The van der Waals surface area contributed by atoms with Crippen molar-refractivity contribution in [3.63, 3.8) is 0 Å². The summed E-state index contributed by atoms with van der Waals surface area (Å²) in [6.07, 6.45) is 7.08. The van der Waals surface area contributed by atoms with Crippen LogP contribution >= 0.6 is 0 Å². The summed E-state index contributed by atoms with van der Waals surface area (Å²) in [4.78, 5) is 18.0. The predicted molar refractivity (Wildman–Crippen MR) is 138 cm³/mol. The molecule has 2 aromatic heterocycles. The minimum Gasteiger partial charge on any atom is -0.296 e. The SMILES string of the molecule is C[C@H]1C(=O)C(C#N)=C[C@@]2(C)c3nc(-c4cccc(-c5cnn(C)c5)c4)n(-c4cccc(F)c4)c3CC[C@H]12. The van der Waals surface area contributed by atoms with Crippen LogP contribution in [-0.4, -0.2) is 25.1 Å². The van der Waals surface area contributed by atoms with Crippen LogP contribution in [0, 0.1) is 29.0 Å². The smallest absolute Gasteiger partial charge is 0.176 e. The zero-order chi connectivity index (χ0) is 25.9. The van der Waals surface area contributed by atoms with Gasteiger partial charge in [-0.2, -0.15) is 10.4 Å². The second-order valence-corrected chi connectivity index (χ2v) is 10.3. The Morgan fingerprint density at radius 2 is 1.92 bits per heavy atom. The van der Waals surface area contributed by atoms with E-state index < -0.39 is 5.41 Å². The van der Waals surface area contributed by atoms with E-state index >= 15 is 0 Å². The van der Waals surface area contributed by atoms with E-state index in [1.165, 1.54) is 12.1 Å². The van der Waals surface area contributed by atoms with Gasteiger partial charge in [0.05, 0.1) is 23.2 Å². The van der Waals surface area contributed by atoms with Crippen molar-refractivity contribution in [2.45, 2.75) is 32.1 Å². The molecule has 6 rings (SSSR count). The summed E-state index contributed by atoms with van der Waals surface area (Å²) < 4.78 is 18.2. The number of nitrogens with zero attached hydrogens (tertiary/aromatic N) is 5. The Morgan fingerprint density at radius 1 is 1.14 bits per heavy atom. The van der Waals surface area contributed by atoms with E-state index in [1.807, 2.05) is 61.3 Å². The fourth-order valence-corrected chi connectivity index (χ4v) is 6.21. The van der Waals surface area contributed by atoms with E-state index in [2.05, 4.69) is 24.2 Å². The first-order chi connectivity index (χ1) is 17.8. The number of benzene rings is 2. The number of rotatable bonds is 3. The van der Waals surface area contributed by atoms with E-state index in [0.717, 1.165) is 34.5 Å². The Bertz CT molecular complexity index is 1640. The van der Waals surface area contributed by atoms with Crippen LogP contribution in [-0.2, 0) is 23.7 Å². The highest BCUT2D eigenvalue weighted by Gasteiger charge is 2.50.